The fraction of sp³-hybridized carbons (Fsp3) is 0.278. The van der Waals surface area contributed by atoms with Gasteiger partial charge >= 0.3 is 5.97 Å². The summed E-state index contributed by atoms with van der Waals surface area (Å²) < 4.78 is 42.1. The molecule has 2 aromatic carbocycles. The minimum Gasteiger partial charge on any atom is -0.497 e. The molecule has 2 aromatic rings. The third-order valence-corrected chi connectivity index (χ3v) is 5.33. The number of esters is 1. The highest BCUT2D eigenvalue weighted by atomic mass is 32.2. The second-order valence-electron chi connectivity index (χ2n) is 5.25. The second-order valence-corrected chi connectivity index (χ2v) is 7.22. The van der Waals surface area contributed by atoms with Crippen molar-refractivity contribution in [3.8, 4) is 11.5 Å². The van der Waals surface area contributed by atoms with Crippen LogP contribution in [0.1, 0.15) is 6.92 Å². The molecule has 2 rings (SSSR count). The van der Waals surface area contributed by atoms with E-state index < -0.39 is 16.0 Å². The molecule has 0 aliphatic carbocycles. The van der Waals surface area contributed by atoms with Crippen LogP contribution in [0.15, 0.2) is 53.4 Å². The lowest BCUT2D eigenvalue weighted by Crippen LogP contribution is -2.26. The largest absolute Gasteiger partial charge is 0.497 e. The van der Waals surface area contributed by atoms with E-state index in [-0.39, 0.29) is 18.1 Å². The van der Waals surface area contributed by atoms with Crippen LogP contribution in [-0.2, 0) is 19.6 Å². The van der Waals surface area contributed by atoms with Gasteiger partial charge in [0.1, 0.15) is 11.5 Å². The normalized spacial score (nSPS) is 10.9. The number of sulfonamides is 1. The molecule has 0 saturated heterocycles. The van der Waals surface area contributed by atoms with E-state index in [0.717, 1.165) is 4.31 Å². The maximum absolute atomic E-state index is 12.8. The van der Waals surface area contributed by atoms with E-state index >= 15 is 0 Å². The Bertz CT molecular complexity index is 851. The molecule has 0 heterocycles. The lowest BCUT2D eigenvalue weighted by atomic mass is 10.3. The molecule has 8 heteroatoms. The van der Waals surface area contributed by atoms with Crippen molar-refractivity contribution in [1.29, 1.82) is 0 Å². The van der Waals surface area contributed by atoms with Crippen LogP contribution in [0.3, 0.4) is 0 Å². The molecule has 0 amide bonds. The molecule has 140 valence electrons. The molecule has 0 aliphatic rings. The molecular weight excluding hydrogens is 358 g/mol. The van der Waals surface area contributed by atoms with Crippen LogP contribution in [-0.4, -0.2) is 41.8 Å². The number of methoxy groups -OCH3 is 1. The number of hydrogen-bond acceptors (Lipinski definition) is 6. The predicted octanol–water partition coefficient (Wildman–Crippen LogP) is 2.46. The number of ether oxygens (including phenoxy) is 3. The van der Waals surface area contributed by atoms with E-state index in [4.69, 9.17) is 14.2 Å². The number of benzene rings is 2. The minimum atomic E-state index is -3.74. The number of rotatable bonds is 8. The molecule has 26 heavy (non-hydrogen) atoms. The van der Waals surface area contributed by atoms with Gasteiger partial charge in [0.2, 0.25) is 0 Å². The van der Waals surface area contributed by atoms with Crippen molar-refractivity contribution >= 4 is 21.7 Å². The summed E-state index contributed by atoms with van der Waals surface area (Å²) in [6, 6.07) is 12.7. The molecule has 0 saturated carbocycles. The van der Waals surface area contributed by atoms with Crippen LogP contribution in [0, 0.1) is 0 Å². The Labute approximate surface area is 153 Å². The summed E-state index contributed by atoms with van der Waals surface area (Å²) in [7, 11) is -0.848. The molecule has 0 aromatic heterocycles. The minimum absolute atomic E-state index is 0.166. The summed E-state index contributed by atoms with van der Waals surface area (Å²) in [6.07, 6.45) is 0. The quantitative estimate of drug-likeness (QED) is 0.656. The van der Waals surface area contributed by atoms with Crippen LogP contribution in [0.2, 0.25) is 0 Å². The number of nitrogens with zero attached hydrogens (tertiary/aromatic N) is 1. The van der Waals surface area contributed by atoms with Gasteiger partial charge in [-0.3, -0.25) is 4.31 Å². The average molecular weight is 379 g/mol. The molecule has 0 atom stereocenters. The number of carbonyl (C=O) groups is 1. The van der Waals surface area contributed by atoms with E-state index in [1.165, 1.54) is 32.4 Å². The van der Waals surface area contributed by atoms with Crippen molar-refractivity contribution in [1.82, 2.24) is 0 Å². The standard InChI is InChI=1S/C18H21NO6S/c1-4-24-18(20)13-25-16-11-14(10-15(12-16)23-3)19(2)26(21,22)17-8-6-5-7-9-17/h5-12H,4,13H2,1-3H3. The Morgan fingerprint density at radius 1 is 1.08 bits per heavy atom. The number of anilines is 1. The first-order valence-corrected chi connectivity index (χ1v) is 9.34. The van der Waals surface area contributed by atoms with Gasteiger partial charge in [-0.15, -0.1) is 0 Å². The monoisotopic (exact) mass is 379 g/mol. The van der Waals surface area contributed by atoms with Crippen molar-refractivity contribution in [3.05, 3.63) is 48.5 Å². The van der Waals surface area contributed by atoms with E-state index in [0.29, 0.717) is 17.2 Å². The molecule has 7 nitrogen and oxygen atoms in total. The molecule has 0 N–H and O–H groups in total. The molecule has 0 bridgehead atoms. The fourth-order valence-corrected chi connectivity index (χ4v) is 3.37. The summed E-state index contributed by atoms with van der Waals surface area (Å²) in [5.74, 6) is 0.182. The maximum Gasteiger partial charge on any atom is 0.344 e. The lowest BCUT2D eigenvalue weighted by molar-refractivity contribution is -0.145. The van der Waals surface area contributed by atoms with E-state index in [1.54, 1.807) is 37.3 Å². The molecular formula is C18H21NO6S. The van der Waals surface area contributed by atoms with Gasteiger partial charge in [0.15, 0.2) is 6.61 Å². The third kappa shape index (κ3) is 4.66. The second kappa shape index (κ2) is 8.57. The van der Waals surface area contributed by atoms with Crippen molar-refractivity contribution in [2.75, 3.05) is 31.7 Å². The molecule has 0 fully saturated rings. The highest BCUT2D eigenvalue weighted by molar-refractivity contribution is 7.92. The summed E-state index contributed by atoms with van der Waals surface area (Å²) in [6.45, 7) is 1.67. The topological polar surface area (TPSA) is 82.1 Å². The summed E-state index contributed by atoms with van der Waals surface area (Å²) in [5.41, 5.74) is 0.340. The Balaban J connectivity index is 2.30. The molecule has 0 radical (unpaired) electrons. The van der Waals surface area contributed by atoms with Crippen LogP contribution in [0.4, 0.5) is 5.69 Å². The fourth-order valence-electron chi connectivity index (χ4n) is 2.17. The summed E-state index contributed by atoms with van der Waals surface area (Å²) >= 11 is 0. The van der Waals surface area contributed by atoms with Crippen LogP contribution >= 0.6 is 0 Å². The summed E-state index contributed by atoms with van der Waals surface area (Å²) in [4.78, 5) is 11.6. The van der Waals surface area contributed by atoms with E-state index in [1.807, 2.05) is 0 Å². The zero-order valence-corrected chi connectivity index (χ0v) is 15.7. The van der Waals surface area contributed by atoms with Gasteiger partial charge < -0.3 is 14.2 Å². The third-order valence-electron chi connectivity index (χ3n) is 3.53. The molecule has 0 unspecified atom stereocenters. The van der Waals surface area contributed by atoms with Gasteiger partial charge in [0.05, 0.1) is 24.3 Å². The smallest absolute Gasteiger partial charge is 0.344 e. The molecule has 0 aliphatic heterocycles. The van der Waals surface area contributed by atoms with Gasteiger partial charge in [0, 0.05) is 25.2 Å². The average Bonchev–Trinajstić information content (AvgIpc) is 2.66. The molecule has 0 spiro atoms. The highest BCUT2D eigenvalue weighted by Gasteiger charge is 2.22. The first-order chi connectivity index (χ1) is 12.4. The van der Waals surface area contributed by atoms with Gasteiger partial charge in [-0.1, -0.05) is 18.2 Å². The van der Waals surface area contributed by atoms with Crippen molar-refractivity contribution in [2.45, 2.75) is 11.8 Å². The lowest BCUT2D eigenvalue weighted by Gasteiger charge is -2.21. The van der Waals surface area contributed by atoms with E-state index in [2.05, 4.69) is 0 Å². The maximum atomic E-state index is 12.8. The van der Waals surface area contributed by atoms with Crippen LogP contribution in [0.25, 0.3) is 0 Å². The van der Waals surface area contributed by atoms with Crippen LogP contribution < -0.4 is 13.8 Å². The van der Waals surface area contributed by atoms with Gasteiger partial charge in [-0.25, -0.2) is 13.2 Å². The Morgan fingerprint density at radius 2 is 1.73 bits per heavy atom. The Hall–Kier alpha value is -2.74. The van der Waals surface area contributed by atoms with Gasteiger partial charge in [0.25, 0.3) is 10.0 Å². The number of hydrogen-bond donors (Lipinski definition) is 0. The number of carbonyl (C=O) groups excluding carboxylic acids is 1. The SMILES string of the molecule is CCOC(=O)COc1cc(OC)cc(N(C)S(=O)(=O)c2ccccc2)c1. The highest BCUT2D eigenvalue weighted by Crippen LogP contribution is 2.31. The zero-order valence-electron chi connectivity index (χ0n) is 14.8. The van der Waals surface area contributed by atoms with Gasteiger partial charge in [-0.2, -0.15) is 0 Å². The Morgan fingerprint density at radius 3 is 2.35 bits per heavy atom. The van der Waals surface area contributed by atoms with Gasteiger partial charge in [-0.05, 0) is 19.1 Å². The predicted molar refractivity (Wildman–Crippen MR) is 97.2 cm³/mol. The van der Waals surface area contributed by atoms with Crippen molar-refractivity contribution < 1.29 is 27.4 Å². The van der Waals surface area contributed by atoms with Crippen molar-refractivity contribution in [3.63, 3.8) is 0 Å². The van der Waals surface area contributed by atoms with E-state index in [9.17, 15) is 13.2 Å². The van der Waals surface area contributed by atoms with Crippen molar-refractivity contribution in [2.24, 2.45) is 0 Å². The Kier molecular flexibility index (Phi) is 6.46. The zero-order chi connectivity index (χ0) is 19.2. The first kappa shape index (κ1) is 19.6. The summed E-state index contributed by atoms with van der Waals surface area (Å²) in [5, 5.41) is 0. The first-order valence-electron chi connectivity index (χ1n) is 7.90. The van der Waals surface area contributed by atoms with Crippen LogP contribution in [0.5, 0.6) is 11.5 Å².